The predicted molar refractivity (Wildman–Crippen MR) is 82.0 cm³/mol. The lowest BCUT2D eigenvalue weighted by Gasteiger charge is -2.25. The summed E-state index contributed by atoms with van der Waals surface area (Å²) < 4.78 is 28.3. The Hall–Kier alpha value is -1.11. The molecule has 0 aliphatic carbocycles. The van der Waals surface area contributed by atoms with Gasteiger partial charge in [-0.1, -0.05) is 39.0 Å². The first-order valence-corrected chi connectivity index (χ1v) is 8.07. The summed E-state index contributed by atoms with van der Waals surface area (Å²) in [5, 5.41) is 8.78. The number of hydrogen-bond acceptors (Lipinski definition) is 3. The minimum absolute atomic E-state index is 0.0293. The van der Waals surface area contributed by atoms with Crippen LogP contribution in [0.1, 0.15) is 32.8 Å². The van der Waals surface area contributed by atoms with Gasteiger partial charge in [-0.25, -0.2) is 0 Å². The molecule has 0 radical (unpaired) electrons. The van der Waals surface area contributed by atoms with E-state index in [1.807, 2.05) is 32.9 Å². The van der Waals surface area contributed by atoms with Crippen LogP contribution in [0.3, 0.4) is 0 Å². The number of rotatable bonds is 6. The molecule has 1 aromatic rings. The van der Waals surface area contributed by atoms with Crippen LogP contribution in [0, 0.1) is 0 Å². The number of nitrogens with one attached hydrogen (secondary N) is 1. The first kappa shape index (κ1) is 16.9. The second-order valence-corrected chi connectivity index (χ2v) is 7.58. The Bertz CT molecular complexity index is 536. The van der Waals surface area contributed by atoms with Gasteiger partial charge in [-0.2, -0.15) is 12.7 Å². The van der Waals surface area contributed by atoms with Crippen molar-refractivity contribution in [3.8, 4) is 0 Å². The smallest absolute Gasteiger partial charge is 0.301 e. The molecule has 0 aromatic heterocycles. The summed E-state index contributed by atoms with van der Waals surface area (Å²) in [7, 11) is -2.10. The van der Waals surface area contributed by atoms with Gasteiger partial charge in [0.25, 0.3) is 0 Å². The number of benzene rings is 1. The normalized spacial score (nSPS) is 12.7. The van der Waals surface area contributed by atoms with Gasteiger partial charge in [0.2, 0.25) is 0 Å². The highest BCUT2D eigenvalue weighted by Crippen LogP contribution is 2.30. The van der Waals surface area contributed by atoms with E-state index in [2.05, 4.69) is 4.72 Å². The molecule has 0 bridgehead atoms. The Balaban J connectivity index is 2.99. The average molecular weight is 300 g/mol. The zero-order chi connectivity index (χ0) is 15.4. The van der Waals surface area contributed by atoms with E-state index < -0.39 is 10.2 Å². The van der Waals surface area contributed by atoms with Crippen molar-refractivity contribution in [3.63, 3.8) is 0 Å². The molecule has 20 heavy (non-hydrogen) atoms. The number of aliphatic hydroxyl groups is 1. The molecule has 6 heteroatoms. The van der Waals surface area contributed by atoms with Gasteiger partial charge in [0.15, 0.2) is 0 Å². The van der Waals surface area contributed by atoms with Gasteiger partial charge >= 0.3 is 10.2 Å². The highest BCUT2D eigenvalue weighted by molar-refractivity contribution is 7.90. The molecule has 2 N–H and O–H groups in total. The quantitative estimate of drug-likeness (QED) is 0.843. The first-order chi connectivity index (χ1) is 9.18. The Morgan fingerprint density at radius 3 is 2.40 bits per heavy atom. The van der Waals surface area contributed by atoms with Crippen molar-refractivity contribution in [2.24, 2.45) is 0 Å². The summed E-state index contributed by atoms with van der Waals surface area (Å²) in [6, 6.07) is 7.39. The van der Waals surface area contributed by atoms with Gasteiger partial charge in [0.1, 0.15) is 0 Å². The van der Waals surface area contributed by atoms with Crippen LogP contribution in [0.2, 0.25) is 0 Å². The SMILES string of the molecule is CN(CCCO)S(=O)(=O)Nc1ccccc1C(C)(C)C. The van der Waals surface area contributed by atoms with Crippen LogP contribution in [-0.4, -0.2) is 38.0 Å². The zero-order valence-electron chi connectivity index (χ0n) is 12.5. The molecule has 0 heterocycles. The summed E-state index contributed by atoms with van der Waals surface area (Å²) >= 11 is 0. The van der Waals surface area contributed by atoms with Gasteiger partial charge in [-0.3, -0.25) is 4.72 Å². The molecule has 1 aromatic carbocycles. The topological polar surface area (TPSA) is 69.6 Å². The Labute approximate surface area is 121 Å². The lowest BCUT2D eigenvalue weighted by atomic mass is 9.86. The standard InChI is InChI=1S/C14H24N2O3S/c1-14(2,3)12-8-5-6-9-13(12)15-20(18,19)16(4)10-7-11-17/h5-6,8-9,15,17H,7,10-11H2,1-4H3. The van der Waals surface area contributed by atoms with E-state index >= 15 is 0 Å². The Morgan fingerprint density at radius 2 is 1.85 bits per heavy atom. The van der Waals surface area contributed by atoms with Gasteiger partial charge < -0.3 is 5.11 Å². The van der Waals surface area contributed by atoms with E-state index in [-0.39, 0.29) is 18.6 Å². The van der Waals surface area contributed by atoms with Gasteiger partial charge in [-0.05, 0) is 23.5 Å². The minimum Gasteiger partial charge on any atom is -0.396 e. The van der Waals surface area contributed by atoms with Crippen LogP contribution in [-0.2, 0) is 15.6 Å². The molecule has 0 saturated carbocycles. The molecule has 5 nitrogen and oxygen atoms in total. The van der Waals surface area contributed by atoms with Gasteiger partial charge in [-0.15, -0.1) is 0 Å². The number of nitrogens with zero attached hydrogens (tertiary/aromatic N) is 1. The van der Waals surface area contributed by atoms with E-state index in [1.54, 1.807) is 12.1 Å². The summed E-state index contributed by atoms with van der Waals surface area (Å²) in [5.74, 6) is 0. The first-order valence-electron chi connectivity index (χ1n) is 6.63. The number of aliphatic hydroxyl groups excluding tert-OH is 1. The largest absolute Gasteiger partial charge is 0.396 e. The number of hydrogen-bond donors (Lipinski definition) is 2. The van der Waals surface area contributed by atoms with Crippen LogP contribution >= 0.6 is 0 Å². The maximum absolute atomic E-state index is 12.2. The molecule has 1 rings (SSSR count). The average Bonchev–Trinajstić information content (AvgIpc) is 2.34. The molecule has 0 saturated heterocycles. The third-order valence-corrected chi connectivity index (χ3v) is 4.50. The molecule has 0 fully saturated rings. The molecule has 0 unspecified atom stereocenters. The maximum Gasteiger partial charge on any atom is 0.301 e. The fourth-order valence-electron chi connectivity index (χ4n) is 1.86. The van der Waals surface area contributed by atoms with Crippen molar-refractivity contribution in [2.75, 3.05) is 24.9 Å². The molecule has 0 spiro atoms. The van der Waals surface area contributed by atoms with Crippen molar-refractivity contribution in [2.45, 2.75) is 32.6 Å². The molecule has 0 amide bonds. The monoisotopic (exact) mass is 300 g/mol. The van der Waals surface area contributed by atoms with Crippen LogP contribution < -0.4 is 4.72 Å². The van der Waals surface area contributed by atoms with E-state index in [0.717, 1.165) is 5.56 Å². The molecule has 0 aliphatic heterocycles. The molecule has 0 atom stereocenters. The van der Waals surface area contributed by atoms with E-state index in [4.69, 9.17) is 5.11 Å². The third-order valence-electron chi connectivity index (χ3n) is 3.02. The zero-order valence-corrected chi connectivity index (χ0v) is 13.4. The number of para-hydroxylation sites is 1. The van der Waals surface area contributed by atoms with E-state index in [0.29, 0.717) is 12.1 Å². The fraction of sp³-hybridized carbons (Fsp3) is 0.571. The third kappa shape index (κ3) is 4.47. The second kappa shape index (κ2) is 6.56. The fourth-order valence-corrected chi connectivity index (χ4v) is 2.84. The van der Waals surface area contributed by atoms with Crippen molar-refractivity contribution in [3.05, 3.63) is 29.8 Å². The lowest BCUT2D eigenvalue weighted by Crippen LogP contribution is -2.34. The summed E-state index contributed by atoms with van der Waals surface area (Å²) in [6.45, 7) is 6.36. The summed E-state index contributed by atoms with van der Waals surface area (Å²) in [5.41, 5.74) is 1.39. The predicted octanol–water partition coefficient (Wildman–Crippen LogP) is 1.95. The number of anilines is 1. The van der Waals surface area contributed by atoms with Crippen molar-refractivity contribution < 1.29 is 13.5 Å². The molecular formula is C14H24N2O3S. The molecular weight excluding hydrogens is 276 g/mol. The van der Waals surface area contributed by atoms with Crippen molar-refractivity contribution in [1.82, 2.24) is 4.31 Å². The highest BCUT2D eigenvalue weighted by atomic mass is 32.2. The summed E-state index contributed by atoms with van der Waals surface area (Å²) in [6.07, 6.45) is 0.415. The Morgan fingerprint density at radius 1 is 1.25 bits per heavy atom. The second-order valence-electron chi connectivity index (χ2n) is 5.80. The van der Waals surface area contributed by atoms with Crippen molar-refractivity contribution in [1.29, 1.82) is 0 Å². The van der Waals surface area contributed by atoms with Crippen LogP contribution in [0.4, 0.5) is 5.69 Å². The van der Waals surface area contributed by atoms with E-state index in [9.17, 15) is 8.42 Å². The van der Waals surface area contributed by atoms with Crippen molar-refractivity contribution >= 4 is 15.9 Å². The van der Waals surface area contributed by atoms with Gasteiger partial charge in [0.05, 0.1) is 5.69 Å². The molecule has 114 valence electrons. The summed E-state index contributed by atoms with van der Waals surface area (Å²) in [4.78, 5) is 0. The van der Waals surface area contributed by atoms with Crippen LogP contribution in [0.25, 0.3) is 0 Å². The van der Waals surface area contributed by atoms with Crippen LogP contribution in [0.15, 0.2) is 24.3 Å². The molecule has 0 aliphatic rings. The maximum atomic E-state index is 12.2. The van der Waals surface area contributed by atoms with Gasteiger partial charge in [0, 0.05) is 20.2 Å². The van der Waals surface area contributed by atoms with Crippen LogP contribution in [0.5, 0.6) is 0 Å². The Kier molecular flexibility index (Phi) is 5.56. The minimum atomic E-state index is -3.60. The van der Waals surface area contributed by atoms with E-state index in [1.165, 1.54) is 11.4 Å². The highest BCUT2D eigenvalue weighted by Gasteiger charge is 2.22. The lowest BCUT2D eigenvalue weighted by molar-refractivity contribution is 0.276.